The van der Waals surface area contributed by atoms with Gasteiger partial charge >= 0.3 is 0 Å². The minimum Gasteiger partial charge on any atom is -0.319 e. The summed E-state index contributed by atoms with van der Waals surface area (Å²) in [7, 11) is 0. The second-order valence-electron chi connectivity index (χ2n) is 10.7. The van der Waals surface area contributed by atoms with Gasteiger partial charge < -0.3 is 9.13 Å². The summed E-state index contributed by atoms with van der Waals surface area (Å²) < 4.78 is 4.39. The van der Waals surface area contributed by atoms with Crippen LogP contribution in [0.15, 0.2) is 127 Å². The monoisotopic (exact) mass is 559 g/mol. The molecule has 2 heterocycles. The Morgan fingerprint density at radius 1 is 0.568 bits per heavy atom. The van der Waals surface area contributed by atoms with Crippen molar-refractivity contribution in [3.05, 3.63) is 156 Å². The van der Waals surface area contributed by atoms with Crippen LogP contribution in [-0.4, -0.2) is 9.13 Å². The molecule has 0 amide bonds. The van der Waals surface area contributed by atoms with Crippen molar-refractivity contribution in [1.29, 1.82) is 5.26 Å². The van der Waals surface area contributed by atoms with Crippen LogP contribution in [0.2, 0.25) is 0 Å². The average Bonchev–Trinajstić information content (AvgIpc) is 3.60. The molecule has 202 valence electrons. The first kappa shape index (κ1) is 25.1. The smallest absolute Gasteiger partial charge is 0.210 e. The van der Waals surface area contributed by atoms with Gasteiger partial charge in [0.25, 0.3) is 0 Å². The number of hydrogen-bond acceptors (Lipinski definition) is 1. The third kappa shape index (κ3) is 3.63. The summed E-state index contributed by atoms with van der Waals surface area (Å²) in [5, 5.41) is 13.9. The Labute approximate surface area is 253 Å². The van der Waals surface area contributed by atoms with Crippen molar-refractivity contribution < 1.29 is 0 Å². The minimum absolute atomic E-state index is 0.561. The Hall–Kier alpha value is -6.61. The van der Waals surface area contributed by atoms with E-state index in [4.69, 9.17) is 13.1 Å². The van der Waals surface area contributed by atoms with Gasteiger partial charge in [-0.15, -0.1) is 0 Å². The van der Waals surface area contributed by atoms with E-state index in [0.29, 0.717) is 16.9 Å². The molecular weight excluding hydrogens is 538 g/mol. The maximum absolute atomic E-state index is 9.67. The maximum atomic E-state index is 9.67. The van der Waals surface area contributed by atoms with Crippen LogP contribution in [0.3, 0.4) is 0 Å². The Morgan fingerprint density at radius 2 is 1.34 bits per heavy atom. The van der Waals surface area contributed by atoms with Crippen molar-refractivity contribution in [1.82, 2.24) is 9.13 Å². The predicted octanol–water partition coefficient (Wildman–Crippen LogP) is 10.5. The highest BCUT2D eigenvalue weighted by Gasteiger charge is 2.19. The van der Waals surface area contributed by atoms with Crippen LogP contribution < -0.4 is 0 Å². The van der Waals surface area contributed by atoms with Crippen LogP contribution in [0.1, 0.15) is 5.56 Å². The fraction of sp³-hybridized carbons (Fsp3) is 0. The number of para-hydroxylation sites is 4. The molecule has 0 radical (unpaired) electrons. The highest BCUT2D eigenvalue weighted by Crippen LogP contribution is 2.42. The lowest BCUT2D eigenvalue weighted by molar-refractivity contribution is 1.18. The molecule has 0 saturated carbocycles. The summed E-state index contributed by atoms with van der Waals surface area (Å²) in [5.41, 5.74) is 9.58. The Morgan fingerprint density at radius 3 is 2.20 bits per heavy atom. The third-order valence-corrected chi connectivity index (χ3v) is 8.36. The van der Waals surface area contributed by atoms with Crippen LogP contribution in [0, 0.1) is 24.5 Å². The molecule has 0 aliphatic rings. The molecule has 2 aromatic heterocycles. The molecule has 8 aromatic rings. The van der Waals surface area contributed by atoms with E-state index in [1.165, 1.54) is 0 Å². The fourth-order valence-corrected chi connectivity index (χ4v) is 6.49. The van der Waals surface area contributed by atoms with E-state index in [9.17, 15) is 5.26 Å². The Kier molecular flexibility index (Phi) is 5.56. The van der Waals surface area contributed by atoms with Gasteiger partial charge in [-0.3, -0.25) is 0 Å². The zero-order chi connectivity index (χ0) is 29.8. The lowest BCUT2D eigenvalue weighted by Gasteiger charge is -2.13. The van der Waals surface area contributed by atoms with Gasteiger partial charge in [-0.05, 0) is 59.5 Å². The van der Waals surface area contributed by atoms with Crippen molar-refractivity contribution >= 4 is 55.0 Å². The van der Waals surface area contributed by atoms with E-state index in [0.717, 1.165) is 66.1 Å². The summed E-state index contributed by atoms with van der Waals surface area (Å²) in [6.07, 6.45) is 0. The predicted molar refractivity (Wildman–Crippen MR) is 178 cm³/mol. The number of nitrogens with zero attached hydrogens (tertiary/aromatic N) is 5. The van der Waals surface area contributed by atoms with Gasteiger partial charge in [-0.2, -0.15) is 5.26 Å². The molecule has 0 unspecified atom stereocenters. The highest BCUT2D eigenvalue weighted by molar-refractivity contribution is 6.15. The number of rotatable bonds is 3. The Bertz CT molecular complexity index is 2600. The number of hydrogen-bond donors (Lipinski definition) is 0. The molecule has 0 fully saturated rings. The summed E-state index contributed by atoms with van der Waals surface area (Å²) in [6, 6.07) is 44.6. The lowest BCUT2D eigenvalue weighted by atomic mass is 10.00. The van der Waals surface area contributed by atoms with Gasteiger partial charge in [0, 0.05) is 27.4 Å². The molecular formula is C39H21N5. The second kappa shape index (κ2) is 9.74. The number of aromatic nitrogens is 2. The summed E-state index contributed by atoms with van der Waals surface area (Å²) >= 11 is 0. The SMILES string of the molecule is [C-]#[N+]c1ccc2c(c1)c1ccc(-c3cccc4c5ccccc5n(-c5cccc(C#N)c5)c34)cc1n2-c1ccccc1[N+]#[C-]. The summed E-state index contributed by atoms with van der Waals surface area (Å²) in [6.45, 7) is 15.5. The second-order valence-corrected chi connectivity index (χ2v) is 10.7. The van der Waals surface area contributed by atoms with E-state index in [2.05, 4.69) is 79.5 Å². The molecule has 8 rings (SSSR count). The van der Waals surface area contributed by atoms with Gasteiger partial charge in [0.1, 0.15) is 0 Å². The summed E-state index contributed by atoms with van der Waals surface area (Å²) in [4.78, 5) is 7.52. The van der Waals surface area contributed by atoms with Gasteiger partial charge in [0.05, 0.1) is 52.5 Å². The van der Waals surface area contributed by atoms with Crippen LogP contribution in [0.4, 0.5) is 11.4 Å². The zero-order valence-electron chi connectivity index (χ0n) is 23.4. The first-order valence-electron chi connectivity index (χ1n) is 14.2. The molecule has 0 saturated heterocycles. The quantitative estimate of drug-likeness (QED) is 0.199. The molecule has 0 aliphatic carbocycles. The zero-order valence-corrected chi connectivity index (χ0v) is 23.4. The van der Waals surface area contributed by atoms with E-state index in [1.807, 2.05) is 72.8 Å². The van der Waals surface area contributed by atoms with E-state index < -0.39 is 0 Å². The van der Waals surface area contributed by atoms with Crippen molar-refractivity contribution in [2.45, 2.75) is 0 Å². The number of benzene rings is 6. The van der Waals surface area contributed by atoms with Gasteiger partial charge in [-0.1, -0.05) is 78.9 Å². The highest BCUT2D eigenvalue weighted by atomic mass is 15.0. The van der Waals surface area contributed by atoms with E-state index in [1.54, 1.807) is 0 Å². The van der Waals surface area contributed by atoms with Crippen molar-refractivity contribution in [2.24, 2.45) is 0 Å². The van der Waals surface area contributed by atoms with Crippen LogP contribution in [0.25, 0.3) is 75.8 Å². The molecule has 0 spiro atoms. The van der Waals surface area contributed by atoms with Crippen molar-refractivity contribution in [3.63, 3.8) is 0 Å². The third-order valence-electron chi connectivity index (χ3n) is 8.36. The molecule has 5 nitrogen and oxygen atoms in total. The van der Waals surface area contributed by atoms with Gasteiger partial charge in [0.15, 0.2) is 5.69 Å². The van der Waals surface area contributed by atoms with Crippen LogP contribution >= 0.6 is 0 Å². The van der Waals surface area contributed by atoms with Gasteiger partial charge in [-0.25, -0.2) is 9.69 Å². The molecule has 5 heteroatoms. The largest absolute Gasteiger partial charge is 0.319 e. The standard InChI is InChI=1S/C39H21N5/c1-41-27-18-20-36-33(23-27)31-19-17-26(22-38(31)44(36)37-16-6-4-14-34(37)42-2)29-12-8-13-32-30-11-3-5-15-35(30)43(39(29)32)28-10-7-9-25(21-28)24-40/h3-23H. The van der Waals surface area contributed by atoms with E-state index in [-0.39, 0.29) is 0 Å². The number of fused-ring (bicyclic) bond motifs is 6. The first-order valence-corrected chi connectivity index (χ1v) is 14.2. The molecule has 44 heavy (non-hydrogen) atoms. The molecule has 0 atom stereocenters. The normalized spacial score (nSPS) is 11.1. The molecule has 0 N–H and O–H groups in total. The number of nitriles is 1. The lowest BCUT2D eigenvalue weighted by Crippen LogP contribution is -1.97. The molecule has 0 bridgehead atoms. The van der Waals surface area contributed by atoms with Crippen molar-refractivity contribution in [2.75, 3.05) is 0 Å². The Balaban J connectivity index is 1.49. The topological polar surface area (TPSA) is 42.4 Å². The molecule has 6 aromatic carbocycles. The fourth-order valence-electron chi connectivity index (χ4n) is 6.49. The van der Waals surface area contributed by atoms with Gasteiger partial charge in [0.2, 0.25) is 5.69 Å². The maximum Gasteiger partial charge on any atom is 0.210 e. The van der Waals surface area contributed by atoms with Crippen molar-refractivity contribution in [3.8, 4) is 28.6 Å². The molecule has 0 aliphatic heterocycles. The first-order chi connectivity index (χ1) is 21.7. The summed E-state index contributed by atoms with van der Waals surface area (Å²) in [5.74, 6) is 0. The van der Waals surface area contributed by atoms with Crippen LogP contribution in [0.5, 0.6) is 0 Å². The van der Waals surface area contributed by atoms with E-state index >= 15 is 0 Å². The average molecular weight is 560 g/mol. The minimum atomic E-state index is 0.561. The van der Waals surface area contributed by atoms with Crippen LogP contribution in [-0.2, 0) is 0 Å².